The van der Waals surface area contributed by atoms with Gasteiger partial charge in [-0.05, 0) is 25.0 Å². The molecule has 1 aromatic heterocycles. The Morgan fingerprint density at radius 1 is 1.71 bits per heavy atom. The number of aryl methyl sites for hydroxylation is 1. The third-order valence-electron chi connectivity index (χ3n) is 1.49. The monoisotopic (exact) mass is 228 g/mol. The lowest BCUT2D eigenvalue weighted by Gasteiger charge is -2.06. The molecule has 1 heterocycles. The smallest absolute Gasteiger partial charge is 0.170 e. The molecule has 1 aromatic rings. The predicted octanol–water partition coefficient (Wildman–Crippen LogP) is 1.44. The van der Waals surface area contributed by atoms with Crippen LogP contribution in [-0.2, 0) is 0 Å². The van der Waals surface area contributed by atoms with Crippen LogP contribution < -0.4 is 5.32 Å². The Hall–Kier alpha value is -0.640. The molecule has 0 saturated carbocycles. The molecule has 0 radical (unpaired) electrons. The van der Waals surface area contributed by atoms with Gasteiger partial charge in [0.05, 0.1) is 6.07 Å². The minimum Gasteiger partial charge on any atom is -0.302 e. The first-order valence-corrected chi connectivity index (χ1v) is 6.08. The van der Waals surface area contributed by atoms with Gasteiger partial charge in [0.2, 0.25) is 0 Å². The van der Waals surface area contributed by atoms with Crippen LogP contribution in [0, 0.1) is 18.3 Å². The van der Waals surface area contributed by atoms with Crippen LogP contribution in [0.15, 0.2) is 4.34 Å². The van der Waals surface area contributed by atoms with E-state index < -0.39 is 0 Å². The van der Waals surface area contributed by atoms with Gasteiger partial charge in [-0.25, -0.2) is 4.98 Å². The van der Waals surface area contributed by atoms with Crippen molar-refractivity contribution >= 4 is 23.3 Å². The number of hydrogen-bond acceptors (Lipinski definition) is 6. The maximum Gasteiger partial charge on any atom is 0.170 e. The summed E-state index contributed by atoms with van der Waals surface area (Å²) in [6.07, 6.45) is 0. The van der Waals surface area contributed by atoms with Crippen LogP contribution in [0.4, 0.5) is 0 Å². The summed E-state index contributed by atoms with van der Waals surface area (Å²) in [6.45, 7) is 4.67. The highest BCUT2D eigenvalue weighted by atomic mass is 32.2. The molecule has 6 heteroatoms. The Kier molecular flexibility index (Phi) is 4.87. The number of nitrogens with zero attached hydrogens (tertiary/aromatic N) is 3. The van der Waals surface area contributed by atoms with Crippen molar-refractivity contribution in [2.24, 2.45) is 0 Å². The lowest BCUT2D eigenvalue weighted by molar-refractivity contribution is 0.677. The van der Waals surface area contributed by atoms with Crippen LogP contribution >= 0.6 is 23.3 Å². The van der Waals surface area contributed by atoms with Crippen molar-refractivity contribution in [3.63, 3.8) is 0 Å². The Morgan fingerprint density at radius 3 is 3.00 bits per heavy atom. The SMILES string of the molecule is CCNC(C#N)CSc1nc(C)ns1. The normalized spacial score (nSPS) is 12.4. The van der Waals surface area contributed by atoms with Gasteiger partial charge in [-0.1, -0.05) is 18.7 Å². The third-order valence-corrected chi connectivity index (χ3v) is 3.51. The summed E-state index contributed by atoms with van der Waals surface area (Å²) >= 11 is 2.96. The number of aromatic nitrogens is 2. The number of rotatable bonds is 5. The van der Waals surface area contributed by atoms with Crippen LogP contribution in [0.5, 0.6) is 0 Å². The van der Waals surface area contributed by atoms with Crippen molar-refractivity contribution in [1.82, 2.24) is 14.7 Å². The topological polar surface area (TPSA) is 61.6 Å². The van der Waals surface area contributed by atoms with Crippen molar-refractivity contribution in [3.05, 3.63) is 5.82 Å². The molecule has 76 valence electrons. The van der Waals surface area contributed by atoms with Gasteiger partial charge in [0.25, 0.3) is 0 Å². The summed E-state index contributed by atoms with van der Waals surface area (Å²) < 4.78 is 5.00. The van der Waals surface area contributed by atoms with Gasteiger partial charge in [-0.3, -0.25) is 0 Å². The standard InChI is InChI=1S/C8H12N4S2/c1-3-10-7(4-9)5-13-8-11-6(2)12-14-8/h7,10H,3,5H2,1-2H3. The second kappa shape index (κ2) is 5.96. The molecule has 14 heavy (non-hydrogen) atoms. The molecule has 1 rings (SSSR count). The van der Waals surface area contributed by atoms with Gasteiger partial charge in [0, 0.05) is 5.75 Å². The van der Waals surface area contributed by atoms with Crippen molar-refractivity contribution in [3.8, 4) is 6.07 Å². The molecular formula is C8H12N4S2. The summed E-state index contributed by atoms with van der Waals surface area (Å²) in [7, 11) is 0. The summed E-state index contributed by atoms with van der Waals surface area (Å²) in [4.78, 5) is 4.21. The fraction of sp³-hybridized carbons (Fsp3) is 0.625. The number of thioether (sulfide) groups is 1. The molecule has 1 unspecified atom stereocenters. The van der Waals surface area contributed by atoms with Gasteiger partial charge in [-0.15, -0.1) is 0 Å². The van der Waals surface area contributed by atoms with E-state index in [1.54, 1.807) is 11.8 Å². The minimum atomic E-state index is -0.103. The number of nitrogens with one attached hydrogen (secondary N) is 1. The molecule has 0 saturated heterocycles. The average Bonchev–Trinajstić information content (AvgIpc) is 2.59. The summed E-state index contributed by atoms with van der Waals surface area (Å²) in [6, 6.07) is 2.10. The second-order valence-corrected chi connectivity index (χ2v) is 4.68. The molecule has 4 nitrogen and oxygen atoms in total. The van der Waals surface area contributed by atoms with E-state index in [1.807, 2.05) is 13.8 Å². The summed E-state index contributed by atoms with van der Waals surface area (Å²) in [5.41, 5.74) is 0. The van der Waals surface area contributed by atoms with Crippen molar-refractivity contribution in [1.29, 1.82) is 5.26 Å². The van der Waals surface area contributed by atoms with Crippen molar-refractivity contribution in [2.45, 2.75) is 24.2 Å². The Bertz CT molecular complexity index is 317. The maximum absolute atomic E-state index is 8.78. The van der Waals surface area contributed by atoms with Crippen LogP contribution in [0.1, 0.15) is 12.7 Å². The zero-order valence-electron chi connectivity index (χ0n) is 8.15. The molecule has 0 aliphatic heterocycles. The van der Waals surface area contributed by atoms with E-state index >= 15 is 0 Å². The van der Waals surface area contributed by atoms with Gasteiger partial charge in [0.15, 0.2) is 4.34 Å². The fourth-order valence-corrected chi connectivity index (χ4v) is 2.53. The highest BCUT2D eigenvalue weighted by Gasteiger charge is 2.08. The van der Waals surface area contributed by atoms with Crippen LogP contribution in [0.2, 0.25) is 0 Å². The zero-order valence-corrected chi connectivity index (χ0v) is 9.78. The Morgan fingerprint density at radius 2 is 2.50 bits per heavy atom. The minimum absolute atomic E-state index is 0.103. The molecule has 0 aliphatic rings. The largest absolute Gasteiger partial charge is 0.302 e. The lowest BCUT2D eigenvalue weighted by atomic mass is 10.4. The van der Waals surface area contributed by atoms with E-state index in [-0.39, 0.29) is 6.04 Å². The van der Waals surface area contributed by atoms with E-state index in [9.17, 15) is 0 Å². The predicted molar refractivity (Wildman–Crippen MR) is 58.4 cm³/mol. The van der Waals surface area contributed by atoms with E-state index in [1.165, 1.54) is 11.5 Å². The number of hydrogen-bond donors (Lipinski definition) is 1. The van der Waals surface area contributed by atoms with Crippen LogP contribution in [-0.4, -0.2) is 27.7 Å². The molecule has 0 aromatic carbocycles. The summed E-state index contributed by atoms with van der Waals surface area (Å²) in [5.74, 6) is 1.52. The summed E-state index contributed by atoms with van der Waals surface area (Å²) in [5, 5.41) is 11.9. The molecule has 0 bridgehead atoms. The van der Waals surface area contributed by atoms with Gasteiger partial charge < -0.3 is 5.32 Å². The highest BCUT2D eigenvalue weighted by molar-refractivity contribution is 8.00. The molecule has 0 fully saturated rings. The first-order chi connectivity index (χ1) is 6.76. The first kappa shape index (κ1) is 11.4. The Labute approximate surface area is 91.9 Å². The zero-order chi connectivity index (χ0) is 10.4. The fourth-order valence-electron chi connectivity index (χ4n) is 0.880. The van der Waals surface area contributed by atoms with E-state index in [4.69, 9.17) is 5.26 Å². The first-order valence-electron chi connectivity index (χ1n) is 4.32. The lowest BCUT2D eigenvalue weighted by Crippen LogP contribution is -2.29. The molecular weight excluding hydrogens is 216 g/mol. The van der Waals surface area contributed by atoms with Crippen molar-refractivity contribution < 1.29 is 0 Å². The molecule has 0 aliphatic carbocycles. The van der Waals surface area contributed by atoms with E-state index in [0.29, 0.717) is 0 Å². The highest BCUT2D eigenvalue weighted by Crippen LogP contribution is 2.20. The Balaban J connectivity index is 2.36. The van der Waals surface area contributed by atoms with Gasteiger partial charge in [-0.2, -0.15) is 9.64 Å². The van der Waals surface area contributed by atoms with Crippen LogP contribution in [0.25, 0.3) is 0 Å². The molecule has 0 amide bonds. The quantitative estimate of drug-likeness (QED) is 0.773. The molecule has 1 N–H and O–H groups in total. The molecule has 0 spiro atoms. The van der Waals surface area contributed by atoms with Crippen LogP contribution in [0.3, 0.4) is 0 Å². The second-order valence-electron chi connectivity index (χ2n) is 2.66. The van der Waals surface area contributed by atoms with Crippen molar-refractivity contribution in [2.75, 3.05) is 12.3 Å². The third kappa shape index (κ3) is 3.62. The van der Waals surface area contributed by atoms with Gasteiger partial charge >= 0.3 is 0 Å². The maximum atomic E-state index is 8.78. The van der Waals surface area contributed by atoms with E-state index in [0.717, 1.165) is 22.5 Å². The number of nitriles is 1. The van der Waals surface area contributed by atoms with E-state index in [2.05, 4.69) is 20.7 Å². The molecule has 1 atom stereocenters. The average molecular weight is 228 g/mol. The van der Waals surface area contributed by atoms with Gasteiger partial charge in [0.1, 0.15) is 11.9 Å².